The molecular weight excluding hydrogens is 466 g/mol. The molecule has 4 rings (SSSR count). The van der Waals surface area contributed by atoms with Crippen LogP contribution in [0.5, 0.6) is 11.5 Å². The number of thioether (sulfide) groups is 1. The molecule has 6 nitrogen and oxygen atoms in total. The Morgan fingerprint density at radius 2 is 1.79 bits per heavy atom. The summed E-state index contributed by atoms with van der Waals surface area (Å²) >= 11 is 3.27. The second kappa shape index (κ2) is 11.4. The Morgan fingerprint density at radius 1 is 1.03 bits per heavy atom. The highest BCUT2D eigenvalue weighted by atomic mass is 32.2. The molecule has 0 N–H and O–H groups in total. The van der Waals surface area contributed by atoms with Gasteiger partial charge in [-0.1, -0.05) is 17.4 Å². The molecule has 1 amide bonds. The first-order valence-electron chi connectivity index (χ1n) is 11.0. The fraction of sp³-hybridized carbons (Fsp3) is 0.269. The van der Waals surface area contributed by atoms with E-state index < -0.39 is 0 Å². The number of thiazole rings is 1. The first kappa shape index (κ1) is 24.0. The third kappa shape index (κ3) is 5.69. The minimum Gasteiger partial charge on any atom is -0.497 e. The summed E-state index contributed by atoms with van der Waals surface area (Å²) in [5.41, 5.74) is 2.93. The summed E-state index contributed by atoms with van der Waals surface area (Å²) in [5, 5.41) is 0.687. The van der Waals surface area contributed by atoms with Gasteiger partial charge in [-0.3, -0.25) is 14.7 Å². The molecule has 0 atom stereocenters. The summed E-state index contributed by atoms with van der Waals surface area (Å²) in [4.78, 5) is 25.2. The molecule has 2 aromatic heterocycles. The van der Waals surface area contributed by atoms with Crippen LogP contribution in [0.1, 0.15) is 24.0 Å². The van der Waals surface area contributed by atoms with Crippen molar-refractivity contribution in [3.05, 3.63) is 72.1 Å². The SMILES string of the molecule is COc1ccc(SCCCC(=O)N(Cc2ccncc2)c2nc3c(OC)ccc(C)c3s2)cc1. The Hall–Kier alpha value is -3.10. The molecule has 2 aromatic carbocycles. The van der Waals surface area contributed by atoms with Crippen molar-refractivity contribution < 1.29 is 14.3 Å². The number of pyridine rings is 1. The molecule has 0 aliphatic rings. The average Bonchev–Trinajstić information content (AvgIpc) is 3.32. The van der Waals surface area contributed by atoms with Crippen LogP contribution in [-0.2, 0) is 11.3 Å². The number of aryl methyl sites for hydroxylation is 1. The number of anilines is 1. The summed E-state index contributed by atoms with van der Waals surface area (Å²) in [6, 6.07) is 15.8. The highest BCUT2D eigenvalue weighted by molar-refractivity contribution is 7.99. The van der Waals surface area contributed by atoms with Gasteiger partial charge in [0.25, 0.3) is 0 Å². The first-order chi connectivity index (χ1) is 16.6. The molecule has 0 saturated heterocycles. The number of carbonyl (C=O) groups excluding carboxylic acids is 1. The van der Waals surface area contributed by atoms with Crippen molar-refractivity contribution in [1.29, 1.82) is 0 Å². The second-order valence-electron chi connectivity index (χ2n) is 7.72. The molecule has 0 fully saturated rings. The zero-order valence-electron chi connectivity index (χ0n) is 19.5. The topological polar surface area (TPSA) is 64.5 Å². The number of methoxy groups -OCH3 is 2. The number of hydrogen-bond acceptors (Lipinski definition) is 7. The molecule has 0 aliphatic carbocycles. The molecule has 0 bridgehead atoms. The van der Waals surface area contributed by atoms with Gasteiger partial charge in [-0.15, -0.1) is 11.8 Å². The van der Waals surface area contributed by atoms with Crippen molar-refractivity contribution in [3.63, 3.8) is 0 Å². The largest absolute Gasteiger partial charge is 0.497 e. The van der Waals surface area contributed by atoms with E-state index in [1.807, 2.05) is 48.5 Å². The molecule has 8 heteroatoms. The molecule has 4 aromatic rings. The van der Waals surface area contributed by atoms with E-state index in [0.29, 0.717) is 18.1 Å². The van der Waals surface area contributed by atoms with Gasteiger partial charge in [0.05, 0.1) is 25.5 Å². The first-order valence-corrected chi connectivity index (χ1v) is 12.8. The van der Waals surface area contributed by atoms with Crippen LogP contribution >= 0.6 is 23.1 Å². The maximum Gasteiger partial charge on any atom is 0.229 e. The van der Waals surface area contributed by atoms with Crippen LogP contribution in [0, 0.1) is 6.92 Å². The number of aromatic nitrogens is 2. The minimum atomic E-state index is 0.0582. The smallest absolute Gasteiger partial charge is 0.229 e. The Balaban J connectivity index is 1.49. The summed E-state index contributed by atoms with van der Waals surface area (Å²) in [6.07, 6.45) is 4.71. The van der Waals surface area contributed by atoms with E-state index in [1.165, 1.54) is 11.3 Å². The minimum absolute atomic E-state index is 0.0582. The van der Waals surface area contributed by atoms with E-state index in [1.54, 1.807) is 43.3 Å². The van der Waals surface area contributed by atoms with Crippen molar-refractivity contribution in [2.75, 3.05) is 24.9 Å². The summed E-state index contributed by atoms with van der Waals surface area (Å²) in [6.45, 7) is 2.50. The molecule has 0 saturated carbocycles. The van der Waals surface area contributed by atoms with E-state index in [2.05, 4.69) is 11.9 Å². The van der Waals surface area contributed by atoms with Crippen LogP contribution in [0.3, 0.4) is 0 Å². The van der Waals surface area contributed by atoms with E-state index in [4.69, 9.17) is 14.5 Å². The predicted octanol–water partition coefficient (Wildman–Crippen LogP) is 6.12. The van der Waals surface area contributed by atoms with Crippen LogP contribution in [0.15, 0.2) is 65.8 Å². The normalized spacial score (nSPS) is 10.9. The van der Waals surface area contributed by atoms with Crippen LogP contribution < -0.4 is 14.4 Å². The number of rotatable bonds is 10. The van der Waals surface area contributed by atoms with Gasteiger partial charge >= 0.3 is 0 Å². The Morgan fingerprint density at radius 3 is 2.50 bits per heavy atom. The van der Waals surface area contributed by atoms with Gasteiger partial charge in [0.1, 0.15) is 17.0 Å². The number of nitrogens with zero attached hydrogens (tertiary/aromatic N) is 3. The number of hydrogen-bond donors (Lipinski definition) is 0. The molecule has 2 heterocycles. The molecule has 34 heavy (non-hydrogen) atoms. The lowest BCUT2D eigenvalue weighted by Gasteiger charge is -2.20. The zero-order valence-corrected chi connectivity index (χ0v) is 21.1. The van der Waals surface area contributed by atoms with Gasteiger partial charge < -0.3 is 9.47 Å². The zero-order chi connectivity index (χ0) is 23.9. The third-order valence-electron chi connectivity index (χ3n) is 5.40. The molecule has 176 valence electrons. The lowest BCUT2D eigenvalue weighted by Crippen LogP contribution is -2.30. The van der Waals surface area contributed by atoms with Crippen molar-refractivity contribution in [3.8, 4) is 11.5 Å². The maximum absolute atomic E-state index is 13.4. The Labute approximate surface area is 207 Å². The standard InChI is InChI=1S/C26H27N3O3S2/c1-18-6-11-22(32-3)24-25(18)34-26(28-24)29(17-19-12-14-27-15-13-19)23(30)5-4-16-33-21-9-7-20(31-2)8-10-21/h6-15H,4-5,16-17H2,1-3H3. The molecule has 0 unspecified atom stereocenters. The Bertz CT molecular complexity index is 1240. The predicted molar refractivity (Wildman–Crippen MR) is 139 cm³/mol. The third-order valence-corrected chi connectivity index (χ3v) is 7.71. The number of amides is 1. The van der Waals surface area contributed by atoms with Crippen molar-refractivity contribution in [1.82, 2.24) is 9.97 Å². The average molecular weight is 494 g/mol. The van der Waals surface area contributed by atoms with Gasteiger partial charge in [-0.05, 0) is 72.7 Å². The monoisotopic (exact) mass is 493 g/mol. The molecule has 0 aliphatic heterocycles. The Kier molecular flexibility index (Phi) is 8.03. The van der Waals surface area contributed by atoms with Gasteiger partial charge in [0.15, 0.2) is 5.13 Å². The van der Waals surface area contributed by atoms with E-state index in [9.17, 15) is 4.79 Å². The fourth-order valence-corrected chi connectivity index (χ4v) is 5.45. The van der Waals surface area contributed by atoms with Crippen molar-refractivity contribution in [2.45, 2.75) is 31.2 Å². The quantitative estimate of drug-likeness (QED) is 0.196. The van der Waals surface area contributed by atoms with Gasteiger partial charge in [-0.25, -0.2) is 4.98 Å². The van der Waals surface area contributed by atoms with Crippen molar-refractivity contribution >= 4 is 44.4 Å². The van der Waals surface area contributed by atoms with Gasteiger partial charge in [-0.2, -0.15) is 0 Å². The van der Waals surface area contributed by atoms with Crippen LogP contribution in [0.25, 0.3) is 10.2 Å². The van der Waals surface area contributed by atoms with Crippen LogP contribution in [0.4, 0.5) is 5.13 Å². The highest BCUT2D eigenvalue weighted by Gasteiger charge is 2.22. The lowest BCUT2D eigenvalue weighted by molar-refractivity contribution is -0.118. The van der Waals surface area contributed by atoms with Gasteiger partial charge in [0.2, 0.25) is 5.91 Å². The summed E-state index contributed by atoms with van der Waals surface area (Å²) in [7, 11) is 3.30. The number of ether oxygens (including phenoxy) is 2. The number of fused-ring (bicyclic) bond motifs is 1. The summed E-state index contributed by atoms with van der Waals surface area (Å²) in [5.74, 6) is 2.47. The molecule has 0 radical (unpaired) electrons. The molecule has 0 spiro atoms. The molecular formula is C26H27N3O3S2. The fourth-order valence-electron chi connectivity index (χ4n) is 3.53. The lowest BCUT2D eigenvalue weighted by atomic mass is 10.2. The van der Waals surface area contributed by atoms with Crippen LogP contribution in [-0.4, -0.2) is 35.8 Å². The van der Waals surface area contributed by atoms with E-state index >= 15 is 0 Å². The van der Waals surface area contributed by atoms with Gasteiger partial charge in [0, 0.05) is 23.7 Å². The number of carbonyl (C=O) groups is 1. The summed E-state index contributed by atoms with van der Waals surface area (Å²) < 4.78 is 11.8. The van der Waals surface area contributed by atoms with Crippen LogP contribution in [0.2, 0.25) is 0 Å². The highest BCUT2D eigenvalue weighted by Crippen LogP contribution is 2.37. The number of benzene rings is 2. The van der Waals surface area contributed by atoms with Crippen molar-refractivity contribution in [2.24, 2.45) is 0 Å². The van der Waals surface area contributed by atoms with E-state index in [-0.39, 0.29) is 5.91 Å². The van der Waals surface area contributed by atoms with E-state index in [0.717, 1.165) is 49.9 Å². The maximum atomic E-state index is 13.4. The second-order valence-corrected chi connectivity index (χ2v) is 9.87.